The summed E-state index contributed by atoms with van der Waals surface area (Å²) in [6, 6.07) is 5.85. The summed E-state index contributed by atoms with van der Waals surface area (Å²) in [7, 11) is 0. The fourth-order valence-corrected chi connectivity index (χ4v) is 2.48. The van der Waals surface area contributed by atoms with Crippen molar-refractivity contribution >= 4 is 49.7 Å². The molecule has 0 aliphatic carbocycles. The molecule has 15 heavy (non-hydrogen) atoms. The summed E-state index contributed by atoms with van der Waals surface area (Å²) in [5.41, 5.74) is 2.05. The molecule has 0 bridgehead atoms. The largest absolute Gasteiger partial charge is 0.330 e. The van der Waals surface area contributed by atoms with Gasteiger partial charge in [-0.2, -0.15) is 0 Å². The number of halogens is 2. The van der Waals surface area contributed by atoms with E-state index in [4.69, 9.17) is 11.6 Å². The van der Waals surface area contributed by atoms with Crippen molar-refractivity contribution < 1.29 is 0 Å². The molecule has 0 atom stereocenters. The molecule has 0 radical (unpaired) electrons. The first-order chi connectivity index (χ1) is 7.15. The number of hydrogen-bond donors (Lipinski definition) is 1. The Bertz CT molecular complexity index is 484. The van der Waals surface area contributed by atoms with Crippen molar-refractivity contribution in [3.8, 4) is 0 Å². The van der Waals surface area contributed by atoms with Crippen LogP contribution in [0.4, 0.5) is 10.8 Å². The molecule has 0 spiro atoms. The Balaban J connectivity index is 2.27. The topological polar surface area (TPSA) is 24.9 Å². The molecular formula is C10H8BrClN2S. The SMILES string of the molecule is Cc1ccc(Cl)c(Nc2nc(Br)cs2)c1. The summed E-state index contributed by atoms with van der Waals surface area (Å²) in [4.78, 5) is 4.24. The van der Waals surface area contributed by atoms with Gasteiger partial charge in [0.25, 0.3) is 0 Å². The molecule has 0 saturated heterocycles. The summed E-state index contributed by atoms with van der Waals surface area (Å²) in [6.07, 6.45) is 0. The third-order valence-corrected chi connectivity index (χ3v) is 3.64. The maximum atomic E-state index is 6.06. The van der Waals surface area contributed by atoms with E-state index >= 15 is 0 Å². The van der Waals surface area contributed by atoms with Gasteiger partial charge in [0.1, 0.15) is 4.60 Å². The van der Waals surface area contributed by atoms with Crippen LogP contribution in [0.25, 0.3) is 0 Å². The number of anilines is 2. The summed E-state index contributed by atoms with van der Waals surface area (Å²) in [6.45, 7) is 2.03. The summed E-state index contributed by atoms with van der Waals surface area (Å²) in [5.74, 6) is 0. The van der Waals surface area contributed by atoms with E-state index < -0.39 is 0 Å². The third-order valence-electron chi connectivity index (χ3n) is 1.84. The zero-order chi connectivity index (χ0) is 10.8. The normalized spacial score (nSPS) is 10.3. The summed E-state index contributed by atoms with van der Waals surface area (Å²) in [5, 5.41) is 6.63. The zero-order valence-corrected chi connectivity index (χ0v) is 11.1. The predicted octanol–water partition coefficient (Wildman–Crippen LogP) is 4.61. The van der Waals surface area contributed by atoms with Gasteiger partial charge >= 0.3 is 0 Å². The van der Waals surface area contributed by atoms with E-state index in [1.165, 1.54) is 11.3 Å². The highest BCUT2D eigenvalue weighted by Gasteiger charge is 2.03. The second-order valence-electron chi connectivity index (χ2n) is 3.08. The Kier molecular flexibility index (Phi) is 3.29. The molecule has 0 fully saturated rings. The Morgan fingerprint density at radius 1 is 1.47 bits per heavy atom. The van der Waals surface area contributed by atoms with Crippen molar-refractivity contribution in [2.75, 3.05) is 5.32 Å². The molecule has 1 aromatic heterocycles. The van der Waals surface area contributed by atoms with Crippen LogP contribution in [-0.4, -0.2) is 4.98 Å². The Labute approximate surface area is 105 Å². The van der Waals surface area contributed by atoms with E-state index in [2.05, 4.69) is 26.2 Å². The molecule has 1 heterocycles. The van der Waals surface area contributed by atoms with Gasteiger partial charge in [-0.15, -0.1) is 11.3 Å². The smallest absolute Gasteiger partial charge is 0.188 e. The van der Waals surface area contributed by atoms with Crippen molar-refractivity contribution in [1.29, 1.82) is 0 Å². The molecule has 0 unspecified atom stereocenters. The molecule has 0 aliphatic heterocycles. The van der Waals surface area contributed by atoms with Crippen LogP contribution < -0.4 is 5.32 Å². The molecule has 0 aliphatic rings. The molecular weight excluding hydrogens is 296 g/mol. The quantitative estimate of drug-likeness (QED) is 0.876. The molecule has 2 rings (SSSR count). The van der Waals surface area contributed by atoms with Crippen molar-refractivity contribution in [2.24, 2.45) is 0 Å². The van der Waals surface area contributed by atoms with Gasteiger partial charge in [0.05, 0.1) is 10.7 Å². The first kappa shape index (κ1) is 10.9. The zero-order valence-electron chi connectivity index (χ0n) is 7.92. The van der Waals surface area contributed by atoms with Gasteiger partial charge in [-0.05, 0) is 40.5 Å². The highest BCUT2D eigenvalue weighted by atomic mass is 79.9. The lowest BCUT2D eigenvalue weighted by atomic mass is 10.2. The maximum absolute atomic E-state index is 6.06. The third kappa shape index (κ3) is 2.71. The Morgan fingerprint density at radius 2 is 2.27 bits per heavy atom. The van der Waals surface area contributed by atoms with Gasteiger partial charge in [0.2, 0.25) is 0 Å². The minimum Gasteiger partial charge on any atom is -0.330 e. The van der Waals surface area contributed by atoms with Crippen LogP contribution in [0, 0.1) is 6.92 Å². The van der Waals surface area contributed by atoms with Crippen LogP contribution in [0.1, 0.15) is 5.56 Å². The van der Waals surface area contributed by atoms with E-state index in [0.29, 0.717) is 5.02 Å². The number of aryl methyl sites for hydroxylation is 1. The number of aromatic nitrogens is 1. The van der Waals surface area contributed by atoms with Crippen molar-refractivity contribution in [1.82, 2.24) is 4.98 Å². The monoisotopic (exact) mass is 302 g/mol. The molecule has 0 saturated carbocycles. The number of nitrogens with one attached hydrogen (secondary N) is 1. The van der Waals surface area contributed by atoms with Gasteiger partial charge in [-0.3, -0.25) is 0 Å². The Morgan fingerprint density at radius 3 is 2.93 bits per heavy atom. The Hall–Kier alpha value is -0.580. The number of thiazole rings is 1. The fourth-order valence-electron chi connectivity index (χ4n) is 1.16. The minimum atomic E-state index is 0.701. The molecule has 0 amide bonds. The van der Waals surface area contributed by atoms with Gasteiger partial charge in [0, 0.05) is 5.38 Å². The van der Waals surface area contributed by atoms with Crippen molar-refractivity contribution in [3.05, 3.63) is 38.8 Å². The second-order valence-corrected chi connectivity index (χ2v) is 5.16. The standard InChI is InChI=1S/C10H8BrClN2S/c1-6-2-3-7(12)8(4-6)13-10-14-9(11)5-15-10/h2-5H,1H3,(H,13,14). The van der Waals surface area contributed by atoms with Crippen LogP contribution in [0.2, 0.25) is 5.02 Å². The van der Waals surface area contributed by atoms with E-state index in [0.717, 1.165) is 21.0 Å². The lowest BCUT2D eigenvalue weighted by molar-refractivity contribution is 1.34. The minimum absolute atomic E-state index is 0.701. The van der Waals surface area contributed by atoms with Crippen LogP contribution in [0.15, 0.2) is 28.2 Å². The first-order valence-electron chi connectivity index (χ1n) is 4.29. The van der Waals surface area contributed by atoms with Crippen LogP contribution >= 0.6 is 38.9 Å². The molecule has 1 N–H and O–H groups in total. The van der Waals surface area contributed by atoms with Crippen molar-refractivity contribution in [2.45, 2.75) is 6.92 Å². The molecule has 5 heteroatoms. The molecule has 1 aromatic carbocycles. The average Bonchev–Trinajstić information content (AvgIpc) is 2.58. The van der Waals surface area contributed by atoms with E-state index in [9.17, 15) is 0 Å². The van der Waals surface area contributed by atoms with Crippen molar-refractivity contribution in [3.63, 3.8) is 0 Å². The fraction of sp³-hybridized carbons (Fsp3) is 0.100. The van der Waals surface area contributed by atoms with Gasteiger partial charge in [-0.25, -0.2) is 4.98 Å². The van der Waals surface area contributed by atoms with Crippen LogP contribution in [0.5, 0.6) is 0 Å². The highest BCUT2D eigenvalue weighted by molar-refractivity contribution is 9.10. The van der Waals surface area contributed by atoms with E-state index in [-0.39, 0.29) is 0 Å². The first-order valence-corrected chi connectivity index (χ1v) is 6.34. The average molecular weight is 304 g/mol. The lowest BCUT2D eigenvalue weighted by Crippen LogP contribution is -1.90. The summed E-state index contributed by atoms with van der Waals surface area (Å²) >= 11 is 10.9. The molecule has 2 aromatic rings. The number of nitrogens with zero attached hydrogens (tertiary/aromatic N) is 1. The van der Waals surface area contributed by atoms with E-state index in [1.54, 1.807) is 0 Å². The predicted molar refractivity (Wildman–Crippen MR) is 69.3 cm³/mol. The number of rotatable bonds is 2. The molecule has 78 valence electrons. The second kappa shape index (κ2) is 4.51. The molecule has 2 nitrogen and oxygen atoms in total. The number of benzene rings is 1. The van der Waals surface area contributed by atoms with Gasteiger partial charge in [-0.1, -0.05) is 17.7 Å². The summed E-state index contributed by atoms with van der Waals surface area (Å²) < 4.78 is 0.832. The van der Waals surface area contributed by atoms with Crippen LogP contribution in [-0.2, 0) is 0 Å². The maximum Gasteiger partial charge on any atom is 0.188 e. The number of hydrogen-bond acceptors (Lipinski definition) is 3. The van der Waals surface area contributed by atoms with Gasteiger partial charge in [0.15, 0.2) is 5.13 Å². The lowest BCUT2D eigenvalue weighted by Gasteiger charge is -2.05. The van der Waals surface area contributed by atoms with Gasteiger partial charge < -0.3 is 5.32 Å². The van der Waals surface area contributed by atoms with E-state index in [1.807, 2.05) is 30.5 Å². The highest BCUT2D eigenvalue weighted by Crippen LogP contribution is 2.28. The van der Waals surface area contributed by atoms with Crippen LogP contribution in [0.3, 0.4) is 0 Å².